The summed E-state index contributed by atoms with van der Waals surface area (Å²) in [4.78, 5) is 19.5. The van der Waals surface area contributed by atoms with Crippen molar-refractivity contribution in [3.05, 3.63) is 66.5 Å². The minimum atomic E-state index is -4.12. The third-order valence-corrected chi connectivity index (χ3v) is 6.40. The predicted octanol–water partition coefficient (Wildman–Crippen LogP) is 4.26. The van der Waals surface area contributed by atoms with Crippen LogP contribution < -0.4 is 10.0 Å². The number of carbonyl (C=O) groups excluding carboxylic acids is 1. The summed E-state index contributed by atoms with van der Waals surface area (Å²) in [5, 5.41) is 3.15. The summed E-state index contributed by atoms with van der Waals surface area (Å²) >= 11 is 1.32. The molecule has 4 rings (SSSR count). The molecule has 0 spiro atoms. The monoisotopic (exact) mass is 442 g/mol. The molecule has 7 nitrogen and oxygen atoms in total. The molecule has 0 bridgehead atoms. The maximum atomic E-state index is 13.9. The highest BCUT2D eigenvalue weighted by Crippen LogP contribution is 2.30. The number of hydrogen-bond acceptors (Lipinski definition) is 6. The smallest absolute Gasteiger partial charge is 0.265 e. The minimum absolute atomic E-state index is 0.0686. The van der Waals surface area contributed by atoms with Crippen molar-refractivity contribution in [2.24, 2.45) is 0 Å². The average molecular weight is 442 g/mol. The number of anilines is 2. The number of thiazole rings is 1. The van der Waals surface area contributed by atoms with Gasteiger partial charge in [-0.15, -0.1) is 0 Å². The van der Waals surface area contributed by atoms with E-state index in [4.69, 9.17) is 0 Å². The number of nitrogens with zero attached hydrogens (tertiary/aromatic N) is 2. The SMILES string of the molecule is CC(=O)Nc1nc2ccc(-c3cccc(NS(=O)(=O)c4ccccc4F)n3)cc2s1. The molecule has 30 heavy (non-hydrogen) atoms. The van der Waals surface area contributed by atoms with Crippen LogP contribution in [-0.4, -0.2) is 24.3 Å². The van der Waals surface area contributed by atoms with Crippen molar-refractivity contribution < 1.29 is 17.6 Å². The molecule has 0 radical (unpaired) electrons. The number of sulfonamides is 1. The van der Waals surface area contributed by atoms with Gasteiger partial charge in [0.1, 0.15) is 16.5 Å². The van der Waals surface area contributed by atoms with Crippen molar-refractivity contribution >= 4 is 48.4 Å². The number of rotatable bonds is 5. The summed E-state index contributed by atoms with van der Waals surface area (Å²) < 4.78 is 42.1. The molecule has 152 valence electrons. The molecule has 0 aliphatic rings. The Labute approximate surface area is 175 Å². The van der Waals surface area contributed by atoms with E-state index in [1.165, 1.54) is 42.5 Å². The second-order valence-electron chi connectivity index (χ2n) is 6.33. The van der Waals surface area contributed by atoms with Gasteiger partial charge in [0.2, 0.25) is 5.91 Å². The highest BCUT2D eigenvalue weighted by atomic mass is 32.2. The van der Waals surface area contributed by atoms with Gasteiger partial charge < -0.3 is 5.32 Å². The average Bonchev–Trinajstić information content (AvgIpc) is 3.08. The van der Waals surface area contributed by atoms with E-state index < -0.39 is 20.7 Å². The van der Waals surface area contributed by atoms with Crippen LogP contribution in [0.2, 0.25) is 0 Å². The van der Waals surface area contributed by atoms with Crippen LogP contribution in [0.25, 0.3) is 21.5 Å². The summed E-state index contributed by atoms with van der Waals surface area (Å²) in [6.45, 7) is 1.41. The number of nitrogens with one attached hydrogen (secondary N) is 2. The first-order chi connectivity index (χ1) is 14.3. The topological polar surface area (TPSA) is 101 Å². The fourth-order valence-corrected chi connectivity index (χ4v) is 4.83. The molecule has 0 aliphatic carbocycles. The van der Waals surface area contributed by atoms with Crippen molar-refractivity contribution in [3.8, 4) is 11.3 Å². The molecule has 2 N–H and O–H groups in total. The van der Waals surface area contributed by atoms with Gasteiger partial charge in [0.05, 0.1) is 15.9 Å². The number of hydrogen-bond donors (Lipinski definition) is 2. The lowest BCUT2D eigenvalue weighted by molar-refractivity contribution is -0.114. The lowest BCUT2D eigenvalue weighted by Gasteiger charge is -2.09. The van der Waals surface area contributed by atoms with Crippen LogP contribution in [0, 0.1) is 5.82 Å². The Balaban J connectivity index is 1.65. The molecule has 2 aromatic carbocycles. The Bertz CT molecular complexity index is 1370. The van der Waals surface area contributed by atoms with Crippen LogP contribution in [0.1, 0.15) is 6.92 Å². The zero-order chi connectivity index (χ0) is 21.3. The number of halogens is 1. The summed E-state index contributed by atoms with van der Waals surface area (Å²) in [6, 6.07) is 15.5. The number of benzene rings is 2. The molecule has 4 aromatic rings. The van der Waals surface area contributed by atoms with Gasteiger partial charge in [-0.05, 0) is 36.4 Å². The fraction of sp³-hybridized carbons (Fsp3) is 0.0500. The van der Waals surface area contributed by atoms with Crippen LogP contribution in [0.5, 0.6) is 0 Å². The summed E-state index contributed by atoms with van der Waals surface area (Å²) in [7, 11) is -4.12. The van der Waals surface area contributed by atoms with Crippen molar-refractivity contribution in [2.75, 3.05) is 10.0 Å². The van der Waals surface area contributed by atoms with Crippen LogP contribution in [0.3, 0.4) is 0 Å². The van der Waals surface area contributed by atoms with E-state index in [1.54, 1.807) is 24.3 Å². The number of fused-ring (bicyclic) bond motifs is 1. The van der Waals surface area contributed by atoms with E-state index in [0.717, 1.165) is 21.8 Å². The molecular formula is C20H15FN4O3S2. The van der Waals surface area contributed by atoms with E-state index in [-0.39, 0.29) is 11.7 Å². The standard InChI is InChI=1S/C20H15FN4O3S2/c1-12(26)22-20-24-16-10-9-13(11-17(16)29-20)15-6-4-8-19(23-15)25-30(27,28)18-7-3-2-5-14(18)21/h2-11H,1H3,(H,23,25)(H,22,24,26). The number of pyridine rings is 1. The second-order valence-corrected chi connectivity index (χ2v) is 9.01. The lowest BCUT2D eigenvalue weighted by Crippen LogP contribution is -2.15. The molecule has 0 aliphatic heterocycles. The quantitative estimate of drug-likeness (QED) is 0.481. The molecule has 0 saturated carbocycles. The Morgan fingerprint density at radius 2 is 1.83 bits per heavy atom. The van der Waals surface area contributed by atoms with E-state index in [1.807, 2.05) is 6.07 Å². The molecule has 2 heterocycles. The summed E-state index contributed by atoms with van der Waals surface area (Å²) in [6.07, 6.45) is 0. The molecule has 0 saturated heterocycles. The van der Waals surface area contributed by atoms with Crippen LogP contribution in [0.15, 0.2) is 65.6 Å². The van der Waals surface area contributed by atoms with Crippen molar-refractivity contribution in [2.45, 2.75) is 11.8 Å². The maximum absolute atomic E-state index is 13.9. The molecule has 0 unspecified atom stereocenters. The Kier molecular flexibility index (Phi) is 5.18. The predicted molar refractivity (Wildman–Crippen MR) is 114 cm³/mol. The molecule has 1 amide bonds. The minimum Gasteiger partial charge on any atom is -0.302 e. The lowest BCUT2D eigenvalue weighted by atomic mass is 10.1. The van der Waals surface area contributed by atoms with E-state index in [0.29, 0.717) is 10.8 Å². The van der Waals surface area contributed by atoms with Gasteiger partial charge in [-0.1, -0.05) is 35.6 Å². The van der Waals surface area contributed by atoms with Gasteiger partial charge in [0.25, 0.3) is 10.0 Å². The molecule has 0 fully saturated rings. The Morgan fingerprint density at radius 3 is 2.60 bits per heavy atom. The first-order valence-electron chi connectivity index (χ1n) is 8.75. The normalized spacial score (nSPS) is 11.4. The summed E-state index contributed by atoms with van der Waals surface area (Å²) in [5.74, 6) is -0.975. The molecule has 2 aromatic heterocycles. The maximum Gasteiger partial charge on any atom is 0.265 e. The Morgan fingerprint density at radius 1 is 1.03 bits per heavy atom. The number of carbonyl (C=O) groups is 1. The zero-order valence-corrected chi connectivity index (χ0v) is 17.2. The summed E-state index contributed by atoms with van der Waals surface area (Å²) in [5.41, 5.74) is 2.00. The molecule has 10 heteroatoms. The number of amides is 1. The van der Waals surface area contributed by atoms with Gasteiger partial charge in [-0.25, -0.2) is 22.8 Å². The zero-order valence-electron chi connectivity index (χ0n) is 15.6. The third kappa shape index (κ3) is 4.14. The highest BCUT2D eigenvalue weighted by Gasteiger charge is 2.19. The van der Waals surface area contributed by atoms with Crippen LogP contribution in [-0.2, 0) is 14.8 Å². The van der Waals surface area contributed by atoms with Crippen LogP contribution >= 0.6 is 11.3 Å². The third-order valence-electron chi connectivity index (χ3n) is 4.08. The first kappa shape index (κ1) is 19.9. The molecule has 0 atom stereocenters. The van der Waals surface area contributed by atoms with Gasteiger partial charge in [-0.2, -0.15) is 0 Å². The van der Waals surface area contributed by atoms with Crippen LogP contribution in [0.4, 0.5) is 15.3 Å². The van der Waals surface area contributed by atoms with Gasteiger partial charge >= 0.3 is 0 Å². The highest BCUT2D eigenvalue weighted by molar-refractivity contribution is 7.92. The van der Waals surface area contributed by atoms with E-state index >= 15 is 0 Å². The number of aromatic nitrogens is 2. The van der Waals surface area contributed by atoms with Gasteiger partial charge in [0.15, 0.2) is 5.13 Å². The van der Waals surface area contributed by atoms with Crippen molar-refractivity contribution in [1.29, 1.82) is 0 Å². The Hall–Kier alpha value is -3.37. The van der Waals surface area contributed by atoms with Crippen molar-refractivity contribution in [3.63, 3.8) is 0 Å². The van der Waals surface area contributed by atoms with Gasteiger partial charge in [-0.3, -0.25) is 9.52 Å². The van der Waals surface area contributed by atoms with Gasteiger partial charge in [0, 0.05) is 12.5 Å². The largest absolute Gasteiger partial charge is 0.302 e. The van der Waals surface area contributed by atoms with E-state index in [2.05, 4.69) is 20.0 Å². The van der Waals surface area contributed by atoms with E-state index in [9.17, 15) is 17.6 Å². The van der Waals surface area contributed by atoms with Crippen molar-refractivity contribution in [1.82, 2.24) is 9.97 Å². The first-order valence-corrected chi connectivity index (χ1v) is 11.0. The second kappa shape index (κ2) is 7.81. The molecular weight excluding hydrogens is 427 g/mol. The fourth-order valence-electron chi connectivity index (χ4n) is 2.80.